The van der Waals surface area contributed by atoms with Crippen molar-refractivity contribution in [2.45, 2.75) is 38.9 Å². The molecule has 0 fully saturated rings. The smallest absolute Gasteiger partial charge is 0.349 e. The molecule has 0 aliphatic rings. The highest BCUT2D eigenvalue weighted by molar-refractivity contribution is 5.94. The van der Waals surface area contributed by atoms with Crippen molar-refractivity contribution >= 4 is 11.8 Å². The molecule has 1 N–H and O–H groups in total. The largest absolute Gasteiger partial charge is 0.406 e. The fourth-order valence-corrected chi connectivity index (χ4v) is 2.12. The summed E-state index contributed by atoms with van der Waals surface area (Å²) in [4.78, 5) is 24.7. The number of alkyl halides is 3. The molecule has 1 unspecified atom stereocenters. The van der Waals surface area contributed by atoms with Crippen LogP contribution in [0, 0.1) is 0 Å². The fourth-order valence-electron chi connectivity index (χ4n) is 2.12. The number of hydrogen-bond acceptors (Lipinski definition) is 2. The van der Waals surface area contributed by atoms with Crippen molar-refractivity contribution in [3.63, 3.8) is 0 Å². The number of amides is 2. The van der Waals surface area contributed by atoms with Crippen LogP contribution < -0.4 is 5.32 Å². The van der Waals surface area contributed by atoms with Gasteiger partial charge in [-0.2, -0.15) is 13.2 Å². The van der Waals surface area contributed by atoms with E-state index in [9.17, 15) is 22.8 Å². The van der Waals surface area contributed by atoms with Crippen molar-refractivity contribution < 1.29 is 22.8 Å². The fraction of sp³-hybridized carbons (Fsp3) is 0.500. The second kappa shape index (κ2) is 8.55. The number of hydrogen-bond donors (Lipinski definition) is 1. The summed E-state index contributed by atoms with van der Waals surface area (Å²) in [5.74, 6) is -0.978. The van der Waals surface area contributed by atoms with Crippen molar-refractivity contribution in [3.8, 4) is 0 Å². The summed E-state index contributed by atoms with van der Waals surface area (Å²) >= 11 is 0. The van der Waals surface area contributed by atoms with Crippen LogP contribution >= 0.6 is 0 Å². The van der Waals surface area contributed by atoms with Gasteiger partial charge in [-0.15, -0.1) is 0 Å². The number of carbonyl (C=O) groups is 2. The van der Waals surface area contributed by atoms with Gasteiger partial charge in [-0.25, -0.2) is 0 Å². The first kappa shape index (κ1) is 19.0. The predicted molar refractivity (Wildman–Crippen MR) is 80.9 cm³/mol. The van der Waals surface area contributed by atoms with E-state index in [0.29, 0.717) is 12.0 Å². The van der Waals surface area contributed by atoms with Gasteiger partial charge in [0.1, 0.15) is 6.54 Å². The van der Waals surface area contributed by atoms with Crippen molar-refractivity contribution in [2.24, 2.45) is 0 Å². The molecule has 1 atom stereocenters. The summed E-state index contributed by atoms with van der Waals surface area (Å²) in [7, 11) is 0. The number of nitrogens with one attached hydrogen (secondary N) is 1. The van der Waals surface area contributed by atoms with Gasteiger partial charge in [0.05, 0.1) is 0 Å². The predicted octanol–water partition coefficient (Wildman–Crippen LogP) is 3.00. The van der Waals surface area contributed by atoms with Crippen LogP contribution in [0.2, 0.25) is 0 Å². The maximum atomic E-state index is 12.5. The second-order valence-electron chi connectivity index (χ2n) is 5.38. The molecule has 0 heterocycles. The van der Waals surface area contributed by atoms with E-state index in [-0.39, 0.29) is 18.9 Å². The highest BCUT2D eigenvalue weighted by Crippen LogP contribution is 2.17. The lowest BCUT2D eigenvalue weighted by molar-refractivity contribution is -0.161. The van der Waals surface area contributed by atoms with E-state index < -0.39 is 24.7 Å². The Bertz CT molecular complexity index is 518. The third-order valence-electron chi connectivity index (χ3n) is 3.11. The molecule has 0 saturated heterocycles. The molecule has 23 heavy (non-hydrogen) atoms. The molecule has 7 heteroatoms. The highest BCUT2D eigenvalue weighted by Gasteiger charge is 2.32. The molecule has 0 aromatic heterocycles. The molecule has 1 aromatic carbocycles. The number of halogens is 3. The minimum Gasteiger partial charge on any atom is -0.349 e. The zero-order chi connectivity index (χ0) is 17.5. The van der Waals surface area contributed by atoms with Crippen molar-refractivity contribution in [3.05, 3.63) is 35.9 Å². The van der Waals surface area contributed by atoms with Crippen molar-refractivity contribution in [1.82, 2.24) is 10.2 Å². The number of benzene rings is 1. The quantitative estimate of drug-likeness (QED) is 0.835. The lowest BCUT2D eigenvalue weighted by Gasteiger charge is -2.25. The van der Waals surface area contributed by atoms with Crippen LogP contribution in [0.15, 0.2) is 30.3 Å². The normalized spacial score (nSPS) is 12.6. The van der Waals surface area contributed by atoms with Crippen LogP contribution in [0.5, 0.6) is 0 Å². The summed E-state index contributed by atoms with van der Waals surface area (Å²) in [6.07, 6.45) is -4.16. The van der Waals surface area contributed by atoms with Gasteiger partial charge in [-0.1, -0.05) is 25.1 Å². The number of carbonyl (C=O) groups excluding carboxylic acids is 2. The average Bonchev–Trinajstić information content (AvgIpc) is 2.46. The van der Waals surface area contributed by atoms with Crippen molar-refractivity contribution in [1.29, 1.82) is 0 Å². The summed E-state index contributed by atoms with van der Waals surface area (Å²) in [6.45, 7) is 2.07. The van der Waals surface area contributed by atoms with Gasteiger partial charge in [0.2, 0.25) is 5.91 Å². The van der Waals surface area contributed by atoms with Crippen LogP contribution in [0.25, 0.3) is 0 Å². The SMILES string of the molecule is CCCN(CC(F)(F)F)C(=O)CC(C)NC(=O)c1ccccc1. The Morgan fingerprint density at radius 3 is 2.35 bits per heavy atom. The standard InChI is InChI=1S/C16H21F3N2O2/c1-3-9-21(11-16(17,18)19)14(22)10-12(2)20-15(23)13-7-5-4-6-8-13/h4-8,12H,3,9-11H2,1-2H3,(H,20,23). The Hall–Kier alpha value is -2.05. The van der Waals surface area contributed by atoms with E-state index in [2.05, 4.69) is 5.32 Å². The third kappa shape index (κ3) is 7.17. The van der Waals surface area contributed by atoms with Gasteiger partial charge in [-0.3, -0.25) is 9.59 Å². The van der Waals surface area contributed by atoms with Crippen LogP contribution in [0.1, 0.15) is 37.0 Å². The van der Waals surface area contributed by atoms with Gasteiger partial charge >= 0.3 is 6.18 Å². The minimum absolute atomic E-state index is 0.0394. The molecular formula is C16H21F3N2O2. The first-order chi connectivity index (χ1) is 10.7. The Kier molecular flexibility index (Phi) is 7.06. The Labute approximate surface area is 133 Å². The molecule has 2 amide bonds. The molecule has 0 bridgehead atoms. The molecule has 1 rings (SSSR count). The Balaban J connectivity index is 2.58. The van der Waals surface area contributed by atoms with Crippen LogP contribution in [0.3, 0.4) is 0 Å². The summed E-state index contributed by atoms with van der Waals surface area (Å²) in [5, 5.41) is 2.62. The molecule has 0 spiro atoms. The van der Waals surface area contributed by atoms with Crippen molar-refractivity contribution in [2.75, 3.05) is 13.1 Å². The summed E-state index contributed by atoms with van der Waals surface area (Å²) in [5.41, 5.74) is 0.438. The second-order valence-corrected chi connectivity index (χ2v) is 5.38. The first-order valence-corrected chi connectivity index (χ1v) is 7.43. The zero-order valence-electron chi connectivity index (χ0n) is 13.2. The van der Waals surface area contributed by atoms with Gasteiger partial charge in [0.15, 0.2) is 0 Å². The van der Waals surface area contributed by atoms with Gasteiger partial charge < -0.3 is 10.2 Å². The van der Waals surface area contributed by atoms with E-state index in [0.717, 1.165) is 4.90 Å². The van der Waals surface area contributed by atoms with Gasteiger partial charge in [0.25, 0.3) is 5.91 Å². The molecule has 0 radical (unpaired) electrons. The molecule has 4 nitrogen and oxygen atoms in total. The lowest BCUT2D eigenvalue weighted by Crippen LogP contribution is -2.43. The van der Waals surface area contributed by atoms with E-state index >= 15 is 0 Å². The van der Waals surface area contributed by atoms with E-state index in [1.54, 1.807) is 44.2 Å². The third-order valence-corrected chi connectivity index (χ3v) is 3.11. The maximum absolute atomic E-state index is 12.5. The lowest BCUT2D eigenvalue weighted by atomic mass is 10.1. The van der Waals surface area contributed by atoms with Gasteiger partial charge in [0, 0.05) is 24.6 Å². The van der Waals surface area contributed by atoms with E-state index in [4.69, 9.17) is 0 Å². The molecule has 0 saturated carbocycles. The van der Waals surface area contributed by atoms with Crippen LogP contribution in [-0.2, 0) is 4.79 Å². The number of rotatable bonds is 7. The highest BCUT2D eigenvalue weighted by atomic mass is 19.4. The van der Waals surface area contributed by atoms with Gasteiger partial charge in [-0.05, 0) is 25.5 Å². The topological polar surface area (TPSA) is 49.4 Å². The van der Waals surface area contributed by atoms with E-state index in [1.165, 1.54) is 0 Å². The van der Waals surface area contributed by atoms with Crippen LogP contribution in [-0.4, -0.2) is 42.0 Å². The summed E-state index contributed by atoms with van der Waals surface area (Å²) < 4.78 is 37.5. The van der Waals surface area contributed by atoms with Crippen LogP contribution in [0.4, 0.5) is 13.2 Å². The Morgan fingerprint density at radius 1 is 1.22 bits per heavy atom. The maximum Gasteiger partial charge on any atom is 0.406 e. The first-order valence-electron chi connectivity index (χ1n) is 7.43. The average molecular weight is 330 g/mol. The monoisotopic (exact) mass is 330 g/mol. The summed E-state index contributed by atoms with van der Waals surface area (Å²) in [6, 6.07) is 7.87. The molecule has 128 valence electrons. The molecule has 1 aromatic rings. The minimum atomic E-state index is -4.43. The Morgan fingerprint density at radius 2 is 1.83 bits per heavy atom. The molecule has 0 aliphatic heterocycles. The van der Waals surface area contributed by atoms with E-state index in [1.807, 2.05) is 0 Å². The zero-order valence-corrected chi connectivity index (χ0v) is 13.2. The molecule has 0 aliphatic carbocycles. The number of nitrogens with zero attached hydrogens (tertiary/aromatic N) is 1. The molecular weight excluding hydrogens is 309 g/mol.